The van der Waals surface area contributed by atoms with Crippen LogP contribution in [0, 0.1) is 5.92 Å². The average Bonchev–Trinajstić information content (AvgIpc) is 2.97. The maximum absolute atomic E-state index is 12.4. The van der Waals surface area contributed by atoms with Gasteiger partial charge >= 0.3 is 6.03 Å². The molecule has 0 bridgehead atoms. The maximum atomic E-state index is 12.4. The van der Waals surface area contributed by atoms with Crippen molar-refractivity contribution in [1.29, 1.82) is 0 Å². The highest BCUT2D eigenvalue weighted by Crippen LogP contribution is 2.17. The first-order valence-electron chi connectivity index (χ1n) is 8.38. The summed E-state index contributed by atoms with van der Waals surface area (Å²) in [7, 11) is 3.68. The van der Waals surface area contributed by atoms with Gasteiger partial charge in [-0.15, -0.1) is 0 Å². The largest absolute Gasteiger partial charge is 0.359 e. The molecule has 2 atom stereocenters. The van der Waals surface area contributed by atoms with Crippen molar-refractivity contribution in [1.82, 2.24) is 20.1 Å². The second-order valence-electron chi connectivity index (χ2n) is 6.40. The van der Waals surface area contributed by atoms with Crippen LogP contribution in [-0.2, 0) is 18.3 Å². The van der Waals surface area contributed by atoms with Gasteiger partial charge in [0.15, 0.2) is 0 Å². The van der Waals surface area contributed by atoms with E-state index in [4.69, 9.17) is 0 Å². The fraction of sp³-hybridized carbons (Fsp3) is 0.647. The third kappa shape index (κ3) is 4.74. The van der Waals surface area contributed by atoms with Crippen LogP contribution in [0.1, 0.15) is 31.9 Å². The van der Waals surface area contributed by atoms with Gasteiger partial charge in [0.1, 0.15) is 0 Å². The summed E-state index contributed by atoms with van der Waals surface area (Å²) in [6.45, 7) is 3.26. The van der Waals surface area contributed by atoms with E-state index in [9.17, 15) is 9.59 Å². The molecule has 2 heterocycles. The zero-order chi connectivity index (χ0) is 16.8. The Morgan fingerprint density at radius 3 is 2.87 bits per heavy atom. The molecular weight excluding hydrogens is 292 g/mol. The van der Waals surface area contributed by atoms with Gasteiger partial charge in [-0.05, 0) is 44.7 Å². The summed E-state index contributed by atoms with van der Waals surface area (Å²) < 4.78 is 2.10. The van der Waals surface area contributed by atoms with Gasteiger partial charge in [-0.1, -0.05) is 0 Å². The Morgan fingerprint density at radius 1 is 1.43 bits per heavy atom. The summed E-state index contributed by atoms with van der Waals surface area (Å²) in [6, 6.07) is 4.19. The van der Waals surface area contributed by atoms with E-state index in [0.29, 0.717) is 6.54 Å². The molecule has 2 N–H and O–H groups in total. The molecule has 6 nitrogen and oxygen atoms in total. The monoisotopic (exact) mass is 320 g/mol. The molecule has 1 aromatic rings. The molecule has 2 rings (SSSR count). The Labute approximate surface area is 138 Å². The molecule has 0 aliphatic carbocycles. The zero-order valence-corrected chi connectivity index (χ0v) is 14.3. The predicted octanol–water partition coefficient (Wildman–Crippen LogP) is 1.51. The van der Waals surface area contributed by atoms with Gasteiger partial charge in [-0.3, -0.25) is 4.79 Å². The quantitative estimate of drug-likeness (QED) is 0.864. The van der Waals surface area contributed by atoms with Crippen LogP contribution in [0.15, 0.2) is 18.3 Å². The lowest BCUT2D eigenvalue weighted by molar-refractivity contribution is -0.125. The fourth-order valence-corrected chi connectivity index (χ4v) is 3.07. The molecule has 0 unspecified atom stereocenters. The van der Waals surface area contributed by atoms with Crippen LogP contribution in [0.25, 0.3) is 0 Å². The average molecular weight is 320 g/mol. The SMILES string of the molecule is CNC(=O)[C@H]1CCCN(C(=O)N[C@H](C)CCc2cccn2C)C1. The Balaban J connectivity index is 1.78. The third-order valence-electron chi connectivity index (χ3n) is 4.58. The molecule has 128 valence electrons. The first kappa shape index (κ1) is 17.4. The predicted molar refractivity (Wildman–Crippen MR) is 90.1 cm³/mol. The van der Waals surface area contributed by atoms with E-state index in [0.717, 1.165) is 32.2 Å². The van der Waals surface area contributed by atoms with Crippen molar-refractivity contribution in [3.8, 4) is 0 Å². The first-order valence-corrected chi connectivity index (χ1v) is 8.38. The van der Waals surface area contributed by atoms with Crippen LogP contribution in [0.4, 0.5) is 4.79 Å². The number of nitrogens with one attached hydrogen (secondary N) is 2. The molecule has 1 aliphatic rings. The number of hydrogen-bond donors (Lipinski definition) is 2. The number of carbonyl (C=O) groups excluding carboxylic acids is 2. The standard InChI is InChI=1S/C17H28N4O2/c1-13(8-9-15-7-5-10-20(15)3)19-17(23)21-11-4-6-14(12-21)16(22)18-2/h5,7,10,13-14H,4,6,8-9,11-12H2,1-3H3,(H,18,22)(H,19,23)/t13-,14+/m1/s1. The molecule has 0 aromatic carbocycles. The van der Waals surface area contributed by atoms with E-state index in [2.05, 4.69) is 21.3 Å². The van der Waals surface area contributed by atoms with Crippen molar-refractivity contribution in [3.63, 3.8) is 0 Å². The summed E-state index contributed by atoms with van der Waals surface area (Å²) in [5.41, 5.74) is 1.27. The highest BCUT2D eigenvalue weighted by atomic mass is 16.2. The van der Waals surface area contributed by atoms with Crippen LogP contribution in [0.2, 0.25) is 0 Å². The topological polar surface area (TPSA) is 66.4 Å². The Bertz CT molecular complexity index is 540. The van der Waals surface area contributed by atoms with Crippen molar-refractivity contribution in [3.05, 3.63) is 24.0 Å². The molecule has 0 spiro atoms. The minimum absolute atomic E-state index is 0.0271. The van der Waals surface area contributed by atoms with Gasteiger partial charge in [-0.25, -0.2) is 4.79 Å². The lowest BCUT2D eigenvalue weighted by atomic mass is 9.97. The number of nitrogens with zero attached hydrogens (tertiary/aromatic N) is 2. The van der Waals surface area contributed by atoms with E-state index in [1.807, 2.05) is 26.2 Å². The number of piperidine rings is 1. The molecule has 1 saturated heterocycles. The molecule has 1 aromatic heterocycles. The molecule has 1 aliphatic heterocycles. The summed E-state index contributed by atoms with van der Waals surface area (Å²) in [4.78, 5) is 25.9. The summed E-state index contributed by atoms with van der Waals surface area (Å²) in [6.07, 6.45) is 5.60. The molecule has 3 amide bonds. The first-order chi connectivity index (χ1) is 11.0. The van der Waals surface area contributed by atoms with Gasteiger partial charge in [-0.2, -0.15) is 0 Å². The van der Waals surface area contributed by atoms with Crippen LogP contribution in [-0.4, -0.2) is 47.6 Å². The Kier molecular flexibility index (Phi) is 6.07. The number of hydrogen-bond acceptors (Lipinski definition) is 2. The molecule has 6 heteroatoms. The number of aromatic nitrogens is 1. The van der Waals surface area contributed by atoms with Crippen molar-refractivity contribution in [2.45, 2.75) is 38.6 Å². The fourth-order valence-electron chi connectivity index (χ4n) is 3.07. The van der Waals surface area contributed by atoms with Crippen LogP contribution >= 0.6 is 0 Å². The second-order valence-corrected chi connectivity index (χ2v) is 6.40. The molecule has 0 saturated carbocycles. The highest BCUT2D eigenvalue weighted by molar-refractivity contribution is 5.80. The van der Waals surface area contributed by atoms with Crippen molar-refractivity contribution in [2.24, 2.45) is 13.0 Å². The summed E-state index contributed by atoms with van der Waals surface area (Å²) >= 11 is 0. The third-order valence-corrected chi connectivity index (χ3v) is 4.58. The maximum Gasteiger partial charge on any atom is 0.317 e. The van der Waals surface area contributed by atoms with Gasteiger partial charge in [0.25, 0.3) is 0 Å². The summed E-state index contributed by atoms with van der Waals surface area (Å²) in [5.74, 6) is -0.0579. The lowest BCUT2D eigenvalue weighted by Crippen LogP contribution is -2.50. The van der Waals surface area contributed by atoms with E-state index in [1.54, 1.807) is 11.9 Å². The van der Waals surface area contributed by atoms with E-state index < -0.39 is 0 Å². The second kappa shape index (κ2) is 8.04. The van der Waals surface area contributed by atoms with Crippen molar-refractivity contribution in [2.75, 3.05) is 20.1 Å². The number of likely N-dealkylation sites (tertiary alicyclic amines) is 1. The smallest absolute Gasteiger partial charge is 0.317 e. The zero-order valence-electron chi connectivity index (χ0n) is 14.3. The highest BCUT2D eigenvalue weighted by Gasteiger charge is 2.28. The van der Waals surface area contributed by atoms with E-state index >= 15 is 0 Å². The van der Waals surface area contributed by atoms with E-state index in [-0.39, 0.29) is 23.9 Å². The van der Waals surface area contributed by atoms with Crippen LogP contribution < -0.4 is 10.6 Å². The van der Waals surface area contributed by atoms with Gasteiger partial charge in [0.2, 0.25) is 5.91 Å². The molecule has 0 radical (unpaired) electrons. The van der Waals surface area contributed by atoms with E-state index in [1.165, 1.54) is 5.69 Å². The minimum Gasteiger partial charge on any atom is -0.359 e. The minimum atomic E-state index is -0.0850. The van der Waals surface area contributed by atoms with Crippen molar-refractivity contribution >= 4 is 11.9 Å². The number of rotatable bonds is 5. The number of aryl methyl sites for hydroxylation is 2. The normalized spacial score (nSPS) is 19.3. The number of amides is 3. The molecule has 1 fully saturated rings. The Morgan fingerprint density at radius 2 is 2.22 bits per heavy atom. The van der Waals surface area contributed by atoms with Gasteiger partial charge in [0, 0.05) is 45.1 Å². The van der Waals surface area contributed by atoms with Crippen molar-refractivity contribution < 1.29 is 9.59 Å². The number of urea groups is 1. The molecule has 23 heavy (non-hydrogen) atoms. The lowest BCUT2D eigenvalue weighted by Gasteiger charge is -2.32. The number of carbonyl (C=O) groups is 2. The van der Waals surface area contributed by atoms with Crippen LogP contribution in [0.3, 0.4) is 0 Å². The van der Waals surface area contributed by atoms with Gasteiger partial charge in [0.05, 0.1) is 5.92 Å². The summed E-state index contributed by atoms with van der Waals surface area (Å²) in [5, 5.41) is 5.73. The Hall–Kier alpha value is -1.98. The van der Waals surface area contributed by atoms with Gasteiger partial charge < -0.3 is 20.1 Å². The van der Waals surface area contributed by atoms with Crippen LogP contribution in [0.5, 0.6) is 0 Å². The molecular formula is C17H28N4O2.